The fourth-order valence-corrected chi connectivity index (χ4v) is 4.29. The van der Waals surface area contributed by atoms with E-state index in [1.54, 1.807) is 0 Å². The lowest BCUT2D eigenvalue weighted by Gasteiger charge is -2.27. The summed E-state index contributed by atoms with van der Waals surface area (Å²) in [6, 6.07) is 14.4. The van der Waals surface area contributed by atoms with Crippen molar-refractivity contribution in [3.63, 3.8) is 0 Å². The first kappa shape index (κ1) is 22.5. The molecule has 0 aliphatic carbocycles. The number of pyridine rings is 1. The molecule has 4 rings (SSSR count). The summed E-state index contributed by atoms with van der Waals surface area (Å²) in [5.41, 5.74) is 3.85. The van der Waals surface area contributed by atoms with E-state index in [2.05, 4.69) is 30.4 Å². The number of likely N-dealkylation sites (tertiary alicyclic amines) is 1. The minimum Gasteiger partial charge on any atom is -0.332 e. The molecule has 1 fully saturated rings. The van der Waals surface area contributed by atoms with Gasteiger partial charge in [-0.3, -0.25) is 14.4 Å². The standard InChI is InChI=1S/C26H26FN3O3/c1-17-5-6-18(2)22(14-17)23-4-3-13-30(23)26(33)19-7-12-25(32)29(15-19)16-24(31)28-21-10-8-20(27)9-11-21/h5-12,14-15,23H,3-4,13,16H2,1-2H3,(H,28,31). The summed E-state index contributed by atoms with van der Waals surface area (Å²) in [5, 5.41) is 2.63. The SMILES string of the molecule is Cc1ccc(C)c(C2CCCN2C(=O)c2ccc(=O)n(CC(=O)Nc3ccc(F)cc3)c2)c1. The van der Waals surface area contributed by atoms with Crippen LogP contribution in [0.3, 0.4) is 0 Å². The van der Waals surface area contributed by atoms with E-state index in [1.807, 2.05) is 11.8 Å². The van der Waals surface area contributed by atoms with E-state index in [0.29, 0.717) is 17.8 Å². The van der Waals surface area contributed by atoms with Crippen LogP contribution in [0, 0.1) is 19.7 Å². The van der Waals surface area contributed by atoms with Gasteiger partial charge in [0.1, 0.15) is 12.4 Å². The predicted molar refractivity (Wildman–Crippen MR) is 125 cm³/mol. The number of halogens is 1. The highest BCUT2D eigenvalue weighted by atomic mass is 19.1. The minimum atomic E-state index is -0.442. The van der Waals surface area contributed by atoms with Crippen molar-refractivity contribution in [3.05, 3.63) is 99.2 Å². The molecule has 1 N–H and O–H groups in total. The van der Waals surface area contributed by atoms with Gasteiger partial charge in [-0.15, -0.1) is 0 Å². The smallest absolute Gasteiger partial charge is 0.255 e. The van der Waals surface area contributed by atoms with Gasteiger partial charge in [0.2, 0.25) is 5.91 Å². The zero-order valence-corrected chi connectivity index (χ0v) is 18.7. The lowest BCUT2D eigenvalue weighted by Crippen LogP contribution is -2.33. The van der Waals surface area contributed by atoms with Crippen LogP contribution in [-0.4, -0.2) is 27.8 Å². The first-order valence-corrected chi connectivity index (χ1v) is 11.0. The van der Waals surface area contributed by atoms with Gasteiger partial charge in [-0.05, 0) is 68.1 Å². The minimum absolute atomic E-state index is 0.0143. The molecule has 1 aromatic heterocycles. The Balaban J connectivity index is 1.53. The van der Waals surface area contributed by atoms with Crippen molar-refractivity contribution < 1.29 is 14.0 Å². The molecule has 1 unspecified atom stereocenters. The zero-order valence-electron chi connectivity index (χ0n) is 18.7. The number of benzene rings is 2. The maximum Gasteiger partial charge on any atom is 0.255 e. The predicted octanol–water partition coefficient (Wildman–Crippen LogP) is 4.22. The number of carbonyl (C=O) groups is 2. The molecule has 1 atom stereocenters. The van der Waals surface area contributed by atoms with Crippen LogP contribution in [0.25, 0.3) is 0 Å². The maximum atomic E-state index is 13.4. The largest absolute Gasteiger partial charge is 0.332 e. The molecule has 7 heteroatoms. The van der Waals surface area contributed by atoms with Crippen molar-refractivity contribution in [2.24, 2.45) is 0 Å². The molecule has 2 amide bonds. The fourth-order valence-electron chi connectivity index (χ4n) is 4.29. The maximum absolute atomic E-state index is 13.4. The molecule has 2 heterocycles. The Morgan fingerprint density at radius 3 is 2.58 bits per heavy atom. The molecule has 0 saturated carbocycles. The number of hydrogen-bond acceptors (Lipinski definition) is 3. The second kappa shape index (κ2) is 9.40. The van der Waals surface area contributed by atoms with Crippen LogP contribution >= 0.6 is 0 Å². The van der Waals surface area contributed by atoms with Crippen LogP contribution in [0.4, 0.5) is 10.1 Å². The quantitative estimate of drug-likeness (QED) is 0.637. The van der Waals surface area contributed by atoms with Gasteiger partial charge in [0.05, 0.1) is 11.6 Å². The number of nitrogens with one attached hydrogen (secondary N) is 1. The van der Waals surface area contributed by atoms with Crippen LogP contribution in [0.5, 0.6) is 0 Å². The van der Waals surface area contributed by atoms with Gasteiger partial charge in [-0.1, -0.05) is 23.8 Å². The Labute approximate surface area is 191 Å². The second-order valence-corrected chi connectivity index (χ2v) is 8.46. The molecule has 0 radical (unpaired) electrons. The summed E-state index contributed by atoms with van der Waals surface area (Å²) < 4.78 is 14.3. The zero-order chi connectivity index (χ0) is 23.5. The molecular formula is C26H26FN3O3. The second-order valence-electron chi connectivity index (χ2n) is 8.46. The van der Waals surface area contributed by atoms with Gasteiger partial charge < -0.3 is 14.8 Å². The summed E-state index contributed by atoms with van der Waals surface area (Å²) in [5.74, 6) is -1.01. The number of nitrogens with zero attached hydrogens (tertiary/aromatic N) is 2. The first-order chi connectivity index (χ1) is 15.8. The van der Waals surface area contributed by atoms with E-state index in [-0.39, 0.29) is 24.1 Å². The first-order valence-electron chi connectivity index (χ1n) is 11.0. The number of aryl methyl sites for hydroxylation is 2. The van der Waals surface area contributed by atoms with Crippen molar-refractivity contribution in [2.75, 3.05) is 11.9 Å². The number of hydrogen-bond donors (Lipinski definition) is 1. The molecule has 1 aliphatic rings. The van der Waals surface area contributed by atoms with Crippen molar-refractivity contribution in [1.82, 2.24) is 9.47 Å². The Kier molecular flexibility index (Phi) is 6.40. The van der Waals surface area contributed by atoms with Crippen LogP contribution in [0.2, 0.25) is 0 Å². The number of rotatable bonds is 5. The number of aromatic nitrogens is 1. The summed E-state index contributed by atoms with van der Waals surface area (Å²) in [4.78, 5) is 40.0. The fraction of sp³-hybridized carbons (Fsp3) is 0.269. The van der Waals surface area contributed by atoms with Gasteiger partial charge in [0, 0.05) is 24.5 Å². The van der Waals surface area contributed by atoms with Crippen molar-refractivity contribution >= 4 is 17.5 Å². The van der Waals surface area contributed by atoms with Crippen molar-refractivity contribution in [2.45, 2.75) is 39.3 Å². The summed E-state index contributed by atoms with van der Waals surface area (Å²) in [7, 11) is 0. The van der Waals surface area contributed by atoms with E-state index in [0.717, 1.165) is 29.5 Å². The average molecular weight is 448 g/mol. The molecule has 1 aliphatic heterocycles. The van der Waals surface area contributed by atoms with Gasteiger partial charge >= 0.3 is 0 Å². The van der Waals surface area contributed by atoms with E-state index < -0.39 is 11.7 Å². The molecule has 0 bridgehead atoms. The third-order valence-electron chi connectivity index (χ3n) is 5.98. The topological polar surface area (TPSA) is 71.4 Å². The monoisotopic (exact) mass is 447 g/mol. The number of amides is 2. The summed E-state index contributed by atoms with van der Waals surface area (Å²) in [6.45, 7) is 4.48. The number of carbonyl (C=O) groups excluding carboxylic acids is 2. The van der Waals surface area contributed by atoms with Crippen molar-refractivity contribution in [1.29, 1.82) is 0 Å². The van der Waals surface area contributed by atoms with E-state index in [9.17, 15) is 18.8 Å². The highest BCUT2D eigenvalue weighted by Gasteiger charge is 2.31. The van der Waals surface area contributed by atoms with E-state index in [1.165, 1.54) is 47.2 Å². The van der Waals surface area contributed by atoms with Crippen molar-refractivity contribution in [3.8, 4) is 0 Å². The van der Waals surface area contributed by atoms with Crippen LogP contribution in [-0.2, 0) is 11.3 Å². The third kappa shape index (κ3) is 5.03. The lowest BCUT2D eigenvalue weighted by atomic mass is 9.97. The Morgan fingerprint density at radius 1 is 1.06 bits per heavy atom. The lowest BCUT2D eigenvalue weighted by molar-refractivity contribution is -0.116. The van der Waals surface area contributed by atoms with E-state index in [4.69, 9.17) is 0 Å². The molecule has 3 aromatic rings. The average Bonchev–Trinajstić information content (AvgIpc) is 3.27. The van der Waals surface area contributed by atoms with Crippen LogP contribution < -0.4 is 10.9 Å². The molecule has 2 aromatic carbocycles. The van der Waals surface area contributed by atoms with Crippen LogP contribution in [0.1, 0.15) is 45.9 Å². The Hall–Kier alpha value is -3.74. The molecular weight excluding hydrogens is 421 g/mol. The Bertz CT molecular complexity index is 1250. The van der Waals surface area contributed by atoms with Crippen LogP contribution in [0.15, 0.2) is 65.6 Å². The molecule has 0 spiro atoms. The number of anilines is 1. The normalized spacial score (nSPS) is 15.5. The third-order valence-corrected chi connectivity index (χ3v) is 5.98. The highest BCUT2D eigenvalue weighted by Crippen LogP contribution is 2.35. The molecule has 1 saturated heterocycles. The van der Waals surface area contributed by atoms with Gasteiger partial charge in [-0.2, -0.15) is 0 Å². The van der Waals surface area contributed by atoms with E-state index >= 15 is 0 Å². The summed E-state index contributed by atoms with van der Waals surface area (Å²) >= 11 is 0. The molecule has 170 valence electrons. The van der Waals surface area contributed by atoms with Gasteiger partial charge in [-0.25, -0.2) is 4.39 Å². The molecule has 6 nitrogen and oxygen atoms in total. The van der Waals surface area contributed by atoms with Gasteiger partial charge in [0.15, 0.2) is 0 Å². The van der Waals surface area contributed by atoms with Gasteiger partial charge in [0.25, 0.3) is 11.5 Å². The Morgan fingerprint density at radius 2 is 1.82 bits per heavy atom. The highest BCUT2D eigenvalue weighted by molar-refractivity contribution is 5.95. The molecule has 33 heavy (non-hydrogen) atoms. The summed E-state index contributed by atoms with van der Waals surface area (Å²) in [6.07, 6.45) is 3.23.